The first-order valence-corrected chi connectivity index (χ1v) is 12.2. The second kappa shape index (κ2) is 9.90. The number of hydrogen-bond donors (Lipinski definition) is 0. The van der Waals surface area contributed by atoms with Gasteiger partial charge in [-0.3, -0.25) is 0 Å². The Bertz CT molecular complexity index is 1800. The molecule has 0 N–H and O–H groups in total. The largest absolute Gasteiger partial charge is 0.497 e. The zero-order valence-electron chi connectivity index (χ0n) is 21.1. The van der Waals surface area contributed by atoms with Crippen LogP contribution >= 0.6 is 0 Å². The van der Waals surface area contributed by atoms with Gasteiger partial charge in [0.1, 0.15) is 11.5 Å². The van der Waals surface area contributed by atoms with Crippen molar-refractivity contribution in [1.29, 1.82) is 0 Å². The SMILES string of the molecule is COc1ccc(-c2nc3ccc(Cc4ccc5nc(-c6ccc(OC)cc6)oc(=O)c5c4)cc3c(=O)o2)cc1. The molecule has 2 aromatic heterocycles. The van der Waals surface area contributed by atoms with Crippen LogP contribution in [0.5, 0.6) is 11.5 Å². The highest BCUT2D eigenvalue weighted by molar-refractivity contribution is 5.81. The number of nitrogens with zero attached hydrogens (tertiary/aromatic N) is 2. The molecule has 0 spiro atoms. The van der Waals surface area contributed by atoms with E-state index in [1.165, 1.54) is 0 Å². The molecule has 0 amide bonds. The first-order chi connectivity index (χ1) is 19.0. The summed E-state index contributed by atoms with van der Waals surface area (Å²) in [6.45, 7) is 0. The Labute approximate surface area is 222 Å². The molecule has 6 aromatic rings. The van der Waals surface area contributed by atoms with E-state index in [2.05, 4.69) is 9.97 Å². The highest BCUT2D eigenvalue weighted by Gasteiger charge is 2.12. The van der Waals surface area contributed by atoms with E-state index in [1.807, 2.05) is 12.1 Å². The molecule has 4 aromatic carbocycles. The van der Waals surface area contributed by atoms with Crippen LogP contribution in [0.4, 0.5) is 0 Å². The lowest BCUT2D eigenvalue weighted by Crippen LogP contribution is -2.05. The van der Waals surface area contributed by atoms with Crippen molar-refractivity contribution in [2.45, 2.75) is 6.42 Å². The molecule has 192 valence electrons. The van der Waals surface area contributed by atoms with Crippen molar-refractivity contribution < 1.29 is 18.3 Å². The Morgan fingerprint density at radius 2 is 1.00 bits per heavy atom. The third-order valence-corrected chi connectivity index (χ3v) is 6.47. The van der Waals surface area contributed by atoms with Crippen molar-refractivity contribution in [3.8, 4) is 34.4 Å². The third-order valence-electron chi connectivity index (χ3n) is 6.47. The highest BCUT2D eigenvalue weighted by Crippen LogP contribution is 2.24. The predicted octanol–water partition coefficient (Wildman–Crippen LogP) is 5.63. The third kappa shape index (κ3) is 4.75. The van der Waals surface area contributed by atoms with Gasteiger partial charge in [-0.25, -0.2) is 19.6 Å². The summed E-state index contributed by atoms with van der Waals surface area (Å²) in [6, 6.07) is 25.2. The van der Waals surface area contributed by atoms with Crippen molar-refractivity contribution in [3.05, 3.63) is 117 Å². The Kier molecular flexibility index (Phi) is 6.13. The van der Waals surface area contributed by atoms with Gasteiger partial charge in [-0.05, 0) is 90.3 Å². The van der Waals surface area contributed by atoms with Crippen LogP contribution in [-0.4, -0.2) is 24.2 Å². The summed E-state index contributed by atoms with van der Waals surface area (Å²) in [6.07, 6.45) is 0.491. The molecule has 0 saturated carbocycles. The van der Waals surface area contributed by atoms with Gasteiger partial charge in [0, 0.05) is 11.1 Å². The maximum absolute atomic E-state index is 12.8. The zero-order valence-corrected chi connectivity index (χ0v) is 21.1. The van der Waals surface area contributed by atoms with Gasteiger partial charge in [0.25, 0.3) is 0 Å². The minimum absolute atomic E-state index is 0.241. The predicted molar refractivity (Wildman–Crippen MR) is 147 cm³/mol. The quantitative estimate of drug-likeness (QED) is 0.279. The molecule has 0 aliphatic carbocycles. The van der Waals surface area contributed by atoms with Crippen LogP contribution < -0.4 is 20.7 Å². The summed E-state index contributed by atoms with van der Waals surface area (Å²) < 4.78 is 21.4. The molecule has 0 aliphatic heterocycles. The average Bonchev–Trinajstić information content (AvgIpc) is 2.97. The second-order valence-electron chi connectivity index (χ2n) is 8.95. The van der Waals surface area contributed by atoms with Gasteiger partial charge < -0.3 is 18.3 Å². The van der Waals surface area contributed by atoms with E-state index in [-0.39, 0.29) is 11.8 Å². The van der Waals surface area contributed by atoms with Crippen LogP contribution in [0.3, 0.4) is 0 Å². The molecular weight excluding hydrogens is 496 g/mol. The summed E-state index contributed by atoms with van der Waals surface area (Å²) in [5, 5.41) is 0.770. The molecular formula is C31H22N2O6. The van der Waals surface area contributed by atoms with E-state index < -0.39 is 11.3 Å². The molecule has 0 bridgehead atoms. The van der Waals surface area contributed by atoms with Crippen LogP contribution in [0.1, 0.15) is 11.1 Å². The molecule has 0 radical (unpaired) electrons. The van der Waals surface area contributed by atoms with Gasteiger partial charge in [-0.15, -0.1) is 0 Å². The number of methoxy groups -OCH3 is 2. The molecule has 6 rings (SSSR count). The van der Waals surface area contributed by atoms with Crippen molar-refractivity contribution in [3.63, 3.8) is 0 Å². The van der Waals surface area contributed by atoms with Gasteiger partial charge in [-0.1, -0.05) is 12.1 Å². The topological polar surface area (TPSA) is 105 Å². The van der Waals surface area contributed by atoms with Crippen LogP contribution in [-0.2, 0) is 6.42 Å². The van der Waals surface area contributed by atoms with Crippen molar-refractivity contribution in [2.24, 2.45) is 0 Å². The maximum Gasteiger partial charge on any atom is 0.347 e. The average molecular weight is 519 g/mol. The first-order valence-electron chi connectivity index (χ1n) is 12.2. The molecule has 0 saturated heterocycles. The summed E-state index contributed by atoms with van der Waals surface area (Å²) in [4.78, 5) is 34.7. The van der Waals surface area contributed by atoms with E-state index in [1.54, 1.807) is 87.0 Å². The lowest BCUT2D eigenvalue weighted by molar-refractivity contribution is 0.414. The fourth-order valence-corrected chi connectivity index (χ4v) is 4.41. The first kappa shape index (κ1) is 24.1. The molecule has 8 nitrogen and oxygen atoms in total. The lowest BCUT2D eigenvalue weighted by Gasteiger charge is -2.07. The molecule has 2 heterocycles. The minimum atomic E-state index is -0.470. The van der Waals surface area contributed by atoms with E-state index in [0.717, 1.165) is 11.1 Å². The summed E-state index contributed by atoms with van der Waals surface area (Å²) >= 11 is 0. The number of rotatable bonds is 6. The Morgan fingerprint density at radius 1 is 0.590 bits per heavy atom. The van der Waals surface area contributed by atoms with E-state index in [4.69, 9.17) is 18.3 Å². The highest BCUT2D eigenvalue weighted by atomic mass is 16.5. The van der Waals surface area contributed by atoms with Crippen molar-refractivity contribution in [2.75, 3.05) is 14.2 Å². The maximum atomic E-state index is 12.8. The van der Waals surface area contributed by atoms with Crippen LogP contribution in [0.25, 0.3) is 44.7 Å². The number of benzene rings is 4. The Balaban J connectivity index is 1.29. The smallest absolute Gasteiger partial charge is 0.347 e. The monoisotopic (exact) mass is 518 g/mol. The molecule has 0 atom stereocenters. The van der Waals surface area contributed by atoms with E-state index in [9.17, 15) is 9.59 Å². The van der Waals surface area contributed by atoms with Crippen LogP contribution in [0, 0.1) is 0 Å². The lowest BCUT2D eigenvalue weighted by atomic mass is 10.0. The zero-order chi connectivity index (χ0) is 26.9. The van der Waals surface area contributed by atoms with Crippen molar-refractivity contribution in [1.82, 2.24) is 9.97 Å². The summed E-state index contributed by atoms with van der Waals surface area (Å²) in [5.74, 6) is 1.88. The van der Waals surface area contributed by atoms with Gasteiger partial charge in [-0.2, -0.15) is 0 Å². The number of ether oxygens (including phenoxy) is 2. The minimum Gasteiger partial charge on any atom is -0.497 e. The normalized spacial score (nSPS) is 11.1. The van der Waals surface area contributed by atoms with Crippen molar-refractivity contribution >= 4 is 21.8 Å². The number of aromatic nitrogens is 2. The molecule has 0 fully saturated rings. The Morgan fingerprint density at radius 3 is 1.38 bits per heavy atom. The van der Waals surface area contributed by atoms with E-state index >= 15 is 0 Å². The fraction of sp³-hybridized carbons (Fsp3) is 0.0968. The summed E-state index contributed by atoms with van der Waals surface area (Å²) in [5.41, 5.74) is 3.24. The summed E-state index contributed by atoms with van der Waals surface area (Å²) in [7, 11) is 3.18. The Hall–Kier alpha value is -5.24. The van der Waals surface area contributed by atoms with E-state index in [0.29, 0.717) is 50.9 Å². The van der Waals surface area contributed by atoms with Crippen LogP contribution in [0.15, 0.2) is 103 Å². The number of fused-ring (bicyclic) bond motifs is 2. The van der Waals surface area contributed by atoms with Crippen LogP contribution in [0.2, 0.25) is 0 Å². The molecule has 0 aliphatic rings. The molecule has 8 heteroatoms. The molecule has 39 heavy (non-hydrogen) atoms. The van der Waals surface area contributed by atoms with Gasteiger partial charge in [0.05, 0.1) is 36.0 Å². The van der Waals surface area contributed by atoms with Gasteiger partial charge in [0.2, 0.25) is 11.8 Å². The standard InChI is InChI=1S/C31H22N2O6/c1-36-22-9-5-20(6-10-22)28-32-26-13-3-18(16-24(26)30(34)38-28)15-19-4-14-27-25(17-19)31(35)39-29(33-27)21-7-11-23(37-2)12-8-21/h3-14,16-17H,15H2,1-2H3. The van der Waals surface area contributed by atoms with Gasteiger partial charge in [0.15, 0.2) is 0 Å². The molecule has 0 unspecified atom stereocenters. The number of hydrogen-bond acceptors (Lipinski definition) is 8. The second-order valence-corrected chi connectivity index (χ2v) is 8.95. The van der Waals surface area contributed by atoms with Gasteiger partial charge >= 0.3 is 11.3 Å². The fourth-order valence-electron chi connectivity index (χ4n) is 4.41.